The second-order valence-corrected chi connectivity index (χ2v) is 5.28. The minimum Gasteiger partial charge on any atom is -0.295 e. The van der Waals surface area contributed by atoms with Crippen molar-refractivity contribution in [1.82, 2.24) is 9.78 Å². The molecule has 0 aliphatic heterocycles. The highest BCUT2D eigenvalue weighted by molar-refractivity contribution is 9.10. The molecule has 2 aromatic rings. The summed E-state index contributed by atoms with van der Waals surface area (Å²) in [6.07, 6.45) is 0. The van der Waals surface area contributed by atoms with Crippen molar-refractivity contribution in [3.8, 4) is 5.69 Å². The molecule has 1 aromatic carbocycles. The van der Waals surface area contributed by atoms with Crippen LogP contribution in [0.15, 0.2) is 22.7 Å². The molecule has 0 fully saturated rings. The summed E-state index contributed by atoms with van der Waals surface area (Å²) in [6, 6.07) is 5.58. The fourth-order valence-corrected chi connectivity index (χ4v) is 2.40. The summed E-state index contributed by atoms with van der Waals surface area (Å²) < 4.78 is 2.78. The van der Waals surface area contributed by atoms with Gasteiger partial charge in [0.15, 0.2) is 5.78 Å². The van der Waals surface area contributed by atoms with E-state index in [1.165, 1.54) is 5.56 Å². The van der Waals surface area contributed by atoms with Crippen molar-refractivity contribution in [2.75, 3.05) is 0 Å². The largest absolute Gasteiger partial charge is 0.295 e. The second kappa shape index (κ2) is 4.69. The number of hydrogen-bond donors (Lipinski definition) is 0. The summed E-state index contributed by atoms with van der Waals surface area (Å²) in [6.45, 7) is 7.66. The molecule has 18 heavy (non-hydrogen) atoms. The van der Waals surface area contributed by atoms with Gasteiger partial charge in [0.25, 0.3) is 0 Å². The van der Waals surface area contributed by atoms with Crippen LogP contribution in [-0.2, 0) is 0 Å². The predicted molar refractivity (Wildman–Crippen MR) is 75.5 cm³/mol. The fraction of sp³-hybridized carbons (Fsp3) is 0.286. The van der Waals surface area contributed by atoms with Gasteiger partial charge in [0, 0.05) is 15.7 Å². The molecular weight excluding hydrogens is 292 g/mol. The topological polar surface area (TPSA) is 34.9 Å². The number of rotatable bonds is 2. The highest BCUT2D eigenvalue weighted by Crippen LogP contribution is 2.25. The van der Waals surface area contributed by atoms with Crippen molar-refractivity contribution in [3.63, 3.8) is 0 Å². The van der Waals surface area contributed by atoms with Gasteiger partial charge in [-0.3, -0.25) is 4.79 Å². The van der Waals surface area contributed by atoms with Crippen LogP contribution < -0.4 is 0 Å². The molecule has 0 N–H and O–H groups in total. The number of carbonyl (C=O) groups excluding carboxylic acids is 1. The average molecular weight is 307 g/mol. The van der Waals surface area contributed by atoms with Crippen LogP contribution in [0.25, 0.3) is 5.69 Å². The standard InChI is InChI=1S/C14H15BrN2O/c1-8-9(2)16-17(10(8)3)14-6-5-12(11(4)18)7-13(14)15/h5-7H,1-4H3. The second-order valence-electron chi connectivity index (χ2n) is 4.43. The molecule has 0 radical (unpaired) electrons. The van der Waals surface area contributed by atoms with E-state index in [1.54, 1.807) is 6.92 Å². The summed E-state index contributed by atoms with van der Waals surface area (Å²) in [5.41, 5.74) is 4.98. The van der Waals surface area contributed by atoms with Crippen molar-refractivity contribution < 1.29 is 4.79 Å². The lowest BCUT2D eigenvalue weighted by atomic mass is 10.1. The lowest BCUT2D eigenvalue weighted by Crippen LogP contribution is -2.02. The Morgan fingerprint density at radius 1 is 1.28 bits per heavy atom. The first-order valence-corrected chi connectivity index (χ1v) is 6.54. The number of carbonyl (C=O) groups is 1. The normalized spacial score (nSPS) is 10.7. The molecule has 0 unspecified atom stereocenters. The predicted octanol–water partition coefficient (Wildman–Crippen LogP) is 3.76. The maximum atomic E-state index is 11.3. The molecule has 4 heteroatoms. The van der Waals surface area contributed by atoms with Crippen LogP contribution in [0.2, 0.25) is 0 Å². The molecule has 0 saturated carbocycles. The average Bonchev–Trinajstić information content (AvgIpc) is 2.57. The molecule has 1 aromatic heterocycles. The van der Waals surface area contributed by atoms with Gasteiger partial charge in [-0.25, -0.2) is 4.68 Å². The van der Waals surface area contributed by atoms with Gasteiger partial charge in [0.1, 0.15) is 0 Å². The Bertz CT molecular complexity index is 629. The molecule has 0 spiro atoms. The molecule has 2 rings (SSSR count). The van der Waals surface area contributed by atoms with Crippen LogP contribution in [-0.4, -0.2) is 15.6 Å². The number of hydrogen-bond acceptors (Lipinski definition) is 2. The van der Waals surface area contributed by atoms with E-state index >= 15 is 0 Å². The monoisotopic (exact) mass is 306 g/mol. The minimum atomic E-state index is 0.0619. The molecule has 0 atom stereocenters. The lowest BCUT2D eigenvalue weighted by Gasteiger charge is -2.08. The Hall–Kier alpha value is -1.42. The molecule has 0 aliphatic rings. The summed E-state index contributed by atoms with van der Waals surface area (Å²) in [4.78, 5) is 11.3. The first-order chi connectivity index (χ1) is 8.41. The van der Waals surface area contributed by atoms with Crippen molar-refractivity contribution in [2.45, 2.75) is 27.7 Å². The third-order valence-corrected chi connectivity index (χ3v) is 3.87. The van der Waals surface area contributed by atoms with Crippen LogP contribution in [0.1, 0.15) is 34.2 Å². The van der Waals surface area contributed by atoms with Gasteiger partial charge in [-0.2, -0.15) is 5.10 Å². The Morgan fingerprint density at radius 3 is 2.39 bits per heavy atom. The first-order valence-electron chi connectivity index (χ1n) is 5.75. The molecule has 1 heterocycles. The molecule has 0 aliphatic carbocycles. The molecular formula is C14H15BrN2O. The highest BCUT2D eigenvalue weighted by atomic mass is 79.9. The van der Waals surface area contributed by atoms with Gasteiger partial charge < -0.3 is 0 Å². The van der Waals surface area contributed by atoms with E-state index in [0.29, 0.717) is 5.56 Å². The van der Waals surface area contributed by atoms with Crippen LogP contribution in [0.3, 0.4) is 0 Å². The van der Waals surface area contributed by atoms with Crippen molar-refractivity contribution in [2.24, 2.45) is 0 Å². The Balaban J connectivity index is 2.58. The minimum absolute atomic E-state index is 0.0619. The van der Waals surface area contributed by atoms with Gasteiger partial charge in [-0.1, -0.05) is 0 Å². The van der Waals surface area contributed by atoms with Crippen LogP contribution >= 0.6 is 15.9 Å². The molecule has 94 valence electrons. The van der Waals surface area contributed by atoms with E-state index < -0.39 is 0 Å². The number of aromatic nitrogens is 2. The zero-order chi connectivity index (χ0) is 13.4. The molecule has 0 bridgehead atoms. The molecule has 0 amide bonds. The number of aryl methyl sites for hydroxylation is 1. The summed E-state index contributed by atoms with van der Waals surface area (Å²) in [7, 11) is 0. The Kier molecular flexibility index (Phi) is 3.39. The van der Waals surface area contributed by atoms with Gasteiger partial charge in [0.2, 0.25) is 0 Å². The number of Topliss-reactive ketones (excluding diaryl/α,β-unsaturated/α-hetero) is 1. The van der Waals surface area contributed by atoms with Gasteiger partial charge >= 0.3 is 0 Å². The maximum absolute atomic E-state index is 11.3. The molecule has 0 saturated heterocycles. The van der Waals surface area contributed by atoms with E-state index in [9.17, 15) is 4.79 Å². The summed E-state index contributed by atoms with van der Waals surface area (Å²) in [5.74, 6) is 0.0619. The third-order valence-electron chi connectivity index (χ3n) is 3.24. The van der Waals surface area contributed by atoms with Crippen LogP contribution in [0.5, 0.6) is 0 Å². The smallest absolute Gasteiger partial charge is 0.159 e. The number of benzene rings is 1. The van der Waals surface area contributed by atoms with Crippen molar-refractivity contribution in [1.29, 1.82) is 0 Å². The van der Waals surface area contributed by atoms with Crippen molar-refractivity contribution >= 4 is 21.7 Å². The summed E-state index contributed by atoms with van der Waals surface area (Å²) >= 11 is 3.51. The van der Waals surface area contributed by atoms with Crippen LogP contribution in [0, 0.1) is 20.8 Å². The van der Waals surface area contributed by atoms with E-state index in [0.717, 1.165) is 21.5 Å². The Morgan fingerprint density at radius 2 is 1.94 bits per heavy atom. The van der Waals surface area contributed by atoms with Gasteiger partial charge in [0.05, 0.1) is 11.4 Å². The third kappa shape index (κ3) is 2.12. The fourth-order valence-electron chi connectivity index (χ4n) is 1.85. The number of nitrogens with zero attached hydrogens (tertiary/aromatic N) is 2. The zero-order valence-corrected chi connectivity index (χ0v) is 12.5. The van der Waals surface area contributed by atoms with Crippen LogP contribution in [0.4, 0.5) is 0 Å². The zero-order valence-electron chi connectivity index (χ0n) is 10.9. The quantitative estimate of drug-likeness (QED) is 0.792. The first kappa shape index (κ1) is 13.0. The summed E-state index contributed by atoms with van der Waals surface area (Å²) in [5, 5.41) is 4.52. The maximum Gasteiger partial charge on any atom is 0.159 e. The number of halogens is 1. The highest BCUT2D eigenvalue weighted by Gasteiger charge is 2.12. The van der Waals surface area contributed by atoms with E-state index in [2.05, 4.69) is 28.0 Å². The van der Waals surface area contributed by atoms with E-state index in [-0.39, 0.29) is 5.78 Å². The van der Waals surface area contributed by atoms with Crippen molar-refractivity contribution in [3.05, 3.63) is 45.2 Å². The SMILES string of the molecule is CC(=O)c1ccc(-n2nc(C)c(C)c2C)c(Br)c1. The van der Waals surface area contributed by atoms with E-state index in [4.69, 9.17) is 0 Å². The molecule has 3 nitrogen and oxygen atoms in total. The van der Waals surface area contributed by atoms with E-state index in [1.807, 2.05) is 36.7 Å². The Labute approximate surface area is 115 Å². The van der Waals surface area contributed by atoms with Gasteiger partial charge in [-0.15, -0.1) is 0 Å². The number of ketones is 1. The lowest BCUT2D eigenvalue weighted by molar-refractivity contribution is 0.101. The van der Waals surface area contributed by atoms with Gasteiger partial charge in [-0.05, 0) is 67.4 Å².